The molecule has 2 atom stereocenters. The summed E-state index contributed by atoms with van der Waals surface area (Å²) in [5, 5.41) is 33.6. The maximum atomic E-state index is 13.1. The molecule has 0 aliphatic carbocycles. The highest BCUT2D eigenvalue weighted by molar-refractivity contribution is 8.01. The number of carbonyl (C=O) groups is 4. The van der Waals surface area contributed by atoms with Crippen LogP contribution in [0.25, 0.3) is 0 Å². The number of thioether (sulfide) groups is 2. The number of amides is 2. The number of hydrogen-bond acceptors (Lipinski definition) is 14. The molecule has 1 fully saturated rings. The molecule has 1 unspecified atom stereocenters. The fourth-order valence-electron chi connectivity index (χ4n) is 3.32. The number of aromatic amines is 1. The topological polar surface area (TPSA) is 243 Å². The van der Waals surface area contributed by atoms with Crippen LogP contribution < -0.4 is 16.6 Å². The molecule has 206 valence electrons. The van der Waals surface area contributed by atoms with Gasteiger partial charge in [-0.05, 0) is 19.4 Å². The first-order valence-electron chi connectivity index (χ1n) is 10.9. The Kier molecular flexibility index (Phi) is 7.93. The van der Waals surface area contributed by atoms with Crippen LogP contribution in [0, 0.1) is 0 Å². The number of anilines is 1. The maximum absolute atomic E-state index is 13.1. The average molecular weight is 597 g/mol. The number of aliphatic carboxylic acids is 2. The number of thiazole rings is 1. The standard InChI is InChI=1S/C20H20N8O8S3/c1-20(2,17(34)35)36-27-10(8-6-38-18(21)23-8)13(30)25-11-14(31)28-12(16(32)33)7(4-37-15(11)28)5-39-19-24-9(29)3-22-26-19/h3,6,11,15H,4-5H2,1-2H3,(H2,21,23)(H,25,30)(H,32,33)(H,34,35)(H,24,26,29)/t11?,15-/m0/s1. The van der Waals surface area contributed by atoms with Crippen LogP contribution in [-0.2, 0) is 24.0 Å². The first kappa shape index (κ1) is 28.0. The number of carbonyl (C=O) groups excluding carboxylic acids is 2. The largest absolute Gasteiger partial charge is 0.478 e. The lowest BCUT2D eigenvalue weighted by Crippen LogP contribution is -2.71. The van der Waals surface area contributed by atoms with E-state index in [0.29, 0.717) is 5.57 Å². The molecule has 2 aliphatic rings. The fourth-order valence-corrected chi connectivity index (χ4v) is 6.17. The maximum Gasteiger partial charge on any atom is 0.352 e. The minimum absolute atomic E-state index is 0.00333. The van der Waals surface area contributed by atoms with Crippen molar-refractivity contribution in [2.75, 3.05) is 17.2 Å². The number of nitrogens with one attached hydrogen (secondary N) is 2. The molecule has 2 amide bonds. The van der Waals surface area contributed by atoms with Crippen LogP contribution in [0.15, 0.2) is 38.0 Å². The number of aromatic nitrogens is 4. The third-order valence-corrected chi connectivity index (χ3v) is 8.30. The van der Waals surface area contributed by atoms with Gasteiger partial charge in [-0.15, -0.1) is 28.2 Å². The van der Waals surface area contributed by atoms with E-state index in [2.05, 4.69) is 30.6 Å². The van der Waals surface area contributed by atoms with E-state index in [9.17, 15) is 34.2 Å². The van der Waals surface area contributed by atoms with E-state index in [1.165, 1.54) is 31.0 Å². The zero-order chi connectivity index (χ0) is 28.5. The molecule has 0 radical (unpaired) electrons. The Labute approximate surface area is 231 Å². The minimum atomic E-state index is -1.77. The van der Waals surface area contributed by atoms with Crippen LogP contribution in [0.3, 0.4) is 0 Å². The van der Waals surface area contributed by atoms with Crippen molar-refractivity contribution in [3.8, 4) is 0 Å². The van der Waals surface area contributed by atoms with Crippen molar-refractivity contribution in [1.29, 1.82) is 0 Å². The second-order valence-corrected chi connectivity index (χ2v) is 11.4. The van der Waals surface area contributed by atoms with Gasteiger partial charge in [0.25, 0.3) is 17.4 Å². The van der Waals surface area contributed by atoms with E-state index in [-0.39, 0.29) is 33.2 Å². The normalized spacial score (nSPS) is 19.3. The summed E-state index contributed by atoms with van der Waals surface area (Å²) in [7, 11) is 0. The highest BCUT2D eigenvalue weighted by Crippen LogP contribution is 2.41. The SMILES string of the molecule is CC(C)(ON=C(C(=O)NC1C(=O)N2C(C(=O)O)=C(CSc3nncc(=O)[nH]3)CS[C@@H]12)c1csc(N)n1)C(=O)O. The zero-order valence-corrected chi connectivity index (χ0v) is 22.6. The number of nitrogens with two attached hydrogens (primary N) is 1. The molecule has 4 heterocycles. The van der Waals surface area contributed by atoms with Crippen molar-refractivity contribution < 1.29 is 34.2 Å². The number of carboxylic acid groups (broad SMARTS) is 2. The van der Waals surface area contributed by atoms with Gasteiger partial charge < -0.3 is 26.1 Å². The number of β-lactam (4-membered cyclic amide) rings is 1. The van der Waals surface area contributed by atoms with Gasteiger partial charge in [0.1, 0.15) is 29.0 Å². The van der Waals surface area contributed by atoms with Gasteiger partial charge in [0.15, 0.2) is 16.0 Å². The molecule has 2 aromatic heterocycles. The summed E-state index contributed by atoms with van der Waals surface area (Å²) in [5.74, 6) is -3.88. The van der Waals surface area contributed by atoms with E-state index >= 15 is 0 Å². The molecule has 0 aromatic carbocycles. The van der Waals surface area contributed by atoms with Crippen molar-refractivity contribution >= 4 is 69.5 Å². The molecule has 0 spiro atoms. The summed E-state index contributed by atoms with van der Waals surface area (Å²) in [5.41, 5.74) is 3.21. The third-order valence-electron chi connectivity index (χ3n) is 5.33. The number of H-pyrrole nitrogens is 1. The molecule has 2 aromatic rings. The zero-order valence-electron chi connectivity index (χ0n) is 20.1. The molecule has 2 aliphatic heterocycles. The number of nitrogens with zero attached hydrogens (tertiary/aromatic N) is 5. The predicted molar refractivity (Wildman–Crippen MR) is 139 cm³/mol. The van der Waals surface area contributed by atoms with Crippen LogP contribution in [0.1, 0.15) is 19.5 Å². The second-order valence-electron chi connectivity index (χ2n) is 8.46. The van der Waals surface area contributed by atoms with Crippen molar-refractivity contribution in [2.24, 2.45) is 5.16 Å². The van der Waals surface area contributed by atoms with Gasteiger partial charge in [-0.1, -0.05) is 16.9 Å². The number of carboxylic acids is 2. The van der Waals surface area contributed by atoms with Crippen molar-refractivity contribution in [2.45, 2.75) is 36.0 Å². The van der Waals surface area contributed by atoms with E-state index in [4.69, 9.17) is 10.6 Å². The smallest absolute Gasteiger partial charge is 0.352 e. The Morgan fingerprint density at radius 3 is 2.72 bits per heavy atom. The Hall–Kier alpha value is -3.97. The number of nitrogen functional groups attached to an aromatic ring is 1. The van der Waals surface area contributed by atoms with Crippen molar-refractivity contribution in [3.63, 3.8) is 0 Å². The third kappa shape index (κ3) is 5.88. The molecule has 19 heteroatoms. The van der Waals surface area contributed by atoms with Gasteiger partial charge in [-0.25, -0.2) is 14.6 Å². The lowest BCUT2D eigenvalue weighted by molar-refractivity contribution is -0.161. The first-order chi connectivity index (χ1) is 18.4. The summed E-state index contributed by atoms with van der Waals surface area (Å²) < 4.78 is 0. The monoisotopic (exact) mass is 596 g/mol. The Morgan fingerprint density at radius 2 is 2.10 bits per heavy atom. The van der Waals surface area contributed by atoms with Crippen LogP contribution >= 0.6 is 34.9 Å². The van der Waals surface area contributed by atoms with Crippen LogP contribution in [0.5, 0.6) is 0 Å². The van der Waals surface area contributed by atoms with Crippen LogP contribution in [-0.4, -0.2) is 93.3 Å². The van der Waals surface area contributed by atoms with Crippen LogP contribution in [0.2, 0.25) is 0 Å². The van der Waals surface area contributed by atoms with Crippen LogP contribution in [0.4, 0.5) is 5.13 Å². The number of hydrogen-bond donors (Lipinski definition) is 5. The average Bonchev–Trinajstić information content (AvgIpc) is 3.30. The Balaban J connectivity index is 1.52. The molecule has 4 rings (SSSR count). The lowest BCUT2D eigenvalue weighted by Gasteiger charge is -2.49. The quantitative estimate of drug-likeness (QED) is 0.0987. The molecule has 16 nitrogen and oxygen atoms in total. The van der Waals surface area contributed by atoms with Gasteiger partial charge in [-0.3, -0.25) is 24.3 Å². The highest BCUT2D eigenvalue weighted by atomic mass is 32.2. The van der Waals surface area contributed by atoms with Crippen molar-refractivity contribution in [3.05, 3.63) is 38.9 Å². The van der Waals surface area contributed by atoms with Gasteiger partial charge in [0.2, 0.25) is 5.60 Å². The molecule has 6 N–H and O–H groups in total. The van der Waals surface area contributed by atoms with Gasteiger partial charge in [0.05, 0.1) is 0 Å². The van der Waals surface area contributed by atoms with Gasteiger partial charge >= 0.3 is 11.9 Å². The molecule has 1 saturated heterocycles. The Bertz CT molecular complexity index is 1470. The molecular weight excluding hydrogens is 576 g/mol. The number of oxime groups is 1. The minimum Gasteiger partial charge on any atom is -0.478 e. The van der Waals surface area contributed by atoms with E-state index in [1.54, 1.807) is 0 Å². The van der Waals surface area contributed by atoms with Gasteiger partial charge in [-0.2, -0.15) is 5.10 Å². The molecule has 39 heavy (non-hydrogen) atoms. The second kappa shape index (κ2) is 11.0. The lowest BCUT2D eigenvalue weighted by atomic mass is 10.0. The summed E-state index contributed by atoms with van der Waals surface area (Å²) in [6.45, 7) is 2.46. The van der Waals surface area contributed by atoms with Crippen molar-refractivity contribution in [1.82, 2.24) is 30.4 Å². The predicted octanol–water partition coefficient (Wildman–Crippen LogP) is -0.682. The Morgan fingerprint density at radius 1 is 1.36 bits per heavy atom. The van der Waals surface area contributed by atoms with E-state index < -0.39 is 52.0 Å². The molecule has 0 bridgehead atoms. The number of rotatable bonds is 10. The molecule has 0 saturated carbocycles. The summed E-state index contributed by atoms with van der Waals surface area (Å²) in [6, 6.07) is -1.10. The highest BCUT2D eigenvalue weighted by Gasteiger charge is 2.54. The fraction of sp³-hybridized carbons (Fsp3) is 0.350. The summed E-state index contributed by atoms with van der Waals surface area (Å²) in [4.78, 5) is 73.6. The summed E-state index contributed by atoms with van der Waals surface area (Å²) >= 11 is 3.30. The van der Waals surface area contributed by atoms with E-state index in [0.717, 1.165) is 34.2 Å². The number of fused-ring (bicyclic) bond motifs is 1. The first-order valence-corrected chi connectivity index (χ1v) is 13.8. The van der Waals surface area contributed by atoms with Gasteiger partial charge in [0, 0.05) is 16.9 Å². The molecular formula is C20H20N8O8S3. The van der Waals surface area contributed by atoms with E-state index in [1.807, 2.05) is 0 Å². The summed E-state index contributed by atoms with van der Waals surface area (Å²) in [6.07, 6.45) is 0.999.